The van der Waals surface area contributed by atoms with E-state index in [0.29, 0.717) is 5.56 Å². The van der Waals surface area contributed by atoms with Crippen LogP contribution < -0.4 is 15.8 Å². The van der Waals surface area contributed by atoms with Crippen molar-refractivity contribution in [1.82, 2.24) is 5.32 Å². The van der Waals surface area contributed by atoms with E-state index in [4.69, 9.17) is 15.2 Å². The van der Waals surface area contributed by atoms with Crippen LogP contribution in [0.1, 0.15) is 32.4 Å². The van der Waals surface area contributed by atoms with Gasteiger partial charge < -0.3 is 20.5 Å². The number of hydrogen-bond acceptors (Lipinski definition) is 4. The predicted molar refractivity (Wildman–Crippen MR) is 74.1 cm³/mol. The van der Waals surface area contributed by atoms with E-state index in [-0.39, 0.29) is 12.3 Å². The van der Waals surface area contributed by atoms with Gasteiger partial charge in [0.15, 0.2) is 11.6 Å². The third kappa shape index (κ3) is 4.70. The molecule has 0 bridgehead atoms. The third-order valence-electron chi connectivity index (χ3n) is 2.50. The van der Waals surface area contributed by atoms with Gasteiger partial charge in [-0.2, -0.15) is 0 Å². The van der Waals surface area contributed by atoms with Crippen molar-refractivity contribution in [1.29, 1.82) is 0 Å². The average molecular weight is 284 g/mol. The lowest BCUT2D eigenvalue weighted by Crippen LogP contribution is -2.37. The molecule has 0 fully saturated rings. The zero-order valence-electron chi connectivity index (χ0n) is 12.2. The molecule has 0 aromatic heterocycles. The Hall–Kier alpha value is -1.82. The molecule has 1 unspecified atom stereocenters. The van der Waals surface area contributed by atoms with Crippen LogP contribution in [0.3, 0.4) is 0 Å². The van der Waals surface area contributed by atoms with Gasteiger partial charge in [0.05, 0.1) is 13.2 Å². The number of benzene rings is 1. The highest BCUT2D eigenvalue weighted by Gasteiger charge is 2.20. The number of hydrogen-bond donors (Lipinski definition) is 2. The number of methoxy groups -OCH3 is 1. The van der Waals surface area contributed by atoms with E-state index in [0.717, 1.165) is 0 Å². The van der Waals surface area contributed by atoms with Crippen molar-refractivity contribution in [3.63, 3.8) is 0 Å². The standard InChI is InChI=1S/C14H21FN2O3/c1-14(2,3)20-13(18)17-11(8-16)9-5-6-12(19-4)10(15)7-9/h5-7,11H,8,16H2,1-4H3,(H,17,18). The molecular weight excluding hydrogens is 263 g/mol. The monoisotopic (exact) mass is 284 g/mol. The third-order valence-corrected chi connectivity index (χ3v) is 2.50. The van der Waals surface area contributed by atoms with Gasteiger partial charge >= 0.3 is 6.09 Å². The fourth-order valence-corrected chi connectivity index (χ4v) is 1.63. The number of amides is 1. The van der Waals surface area contributed by atoms with E-state index >= 15 is 0 Å². The molecular formula is C14H21FN2O3. The summed E-state index contributed by atoms with van der Waals surface area (Å²) in [7, 11) is 1.39. The van der Waals surface area contributed by atoms with Crippen LogP contribution in [-0.2, 0) is 4.74 Å². The lowest BCUT2D eigenvalue weighted by Gasteiger charge is -2.23. The maximum atomic E-state index is 13.6. The normalized spacial score (nSPS) is 12.7. The summed E-state index contributed by atoms with van der Waals surface area (Å²) < 4.78 is 23.6. The molecule has 1 aromatic carbocycles. The van der Waals surface area contributed by atoms with Crippen LogP contribution in [0.4, 0.5) is 9.18 Å². The highest BCUT2D eigenvalue weighted by Crippen LogP contribution is 2.21. The fraction of sp³-hybridized carbons (Fsp3) is 0.500. The van der Waals surface area contributed by atoms with Gasteiger partial charge in [0.2, 0.25) is 0 Å². The molecule has 0 saturated carbocycles. The van der Waals surface area contributed by atoms with Crippen molar-refractivity contribution in [3.8, 4) is 5.75 Å². The van der Waals surface area contributed by atoms with E-state index in [9.17, 15) is 9.18 Å². The summed E-state index contributed by atoms with van der Waals surface area (Å²) in [6, 6.07) is 3.90. The Labute approximate surface area is 118 Å². The molecule has 20 heavy (non-hydrogen) atoms. The van der Waals surface area contributed by atoms with Crippen LogP contribution in [0, 0.1) is 5.82 Å². The van der Waals surface area contributed by atoms with E-state index in [1.807, 2.05) is 0 Å². The average Bonchev–Trinajstić information content (AvgIpc) is 2.33. The second-order valence-corrected chi connectivity index (χ2v) is 5.33. The number of alkyl carbamates (subject to hydrolysis) is 1. The van der Waals surface area contributed by atoms with Crippen LogP contribution >= 0.6 is 0 Å². The van der Waals surface area contributed by atoms with Crippen molar-refractivity contribution in [2.45, 2.75) is 32.4 Å². The van der Waals surface area contributed by atoms with Crippen LogP contribution in [0.5, 0.6) is 5.75 Å². The topological polar surface area (TPSA) is 73.6 Å². The zero-order valence-corrected chi connectivity index (χ0v) is 12.2. The number of halogens is 1. The number of carbonyl (C=O) groups excluding carboxylic acids is 1. The number of rotatable bonds is 4. The fourth-order valence-electron chi connectivity index (χ4n) is 1.63. The second kappa shape index (κ2) is 6.56. The molecule has 0 saturated heterocycles. The van der Waals surface area contributed by atoms with Crippen molar-refractivity contribution in [2.24, 2.45) is 5.73 Å². The molecule has 5 nitrogen and oxygen atoms in total. The minimum atomic E-state index is -0.603. The van der Waals surface area contributed by atoms with Gasteiger partial charge in [-0.1, -0.05) is 6.07 Å². The van der Waals surface area contributed by atoms with Crippen molar-refractivity contribution in [3.05, 3.63) is 29.6 Å². The van der Waals surface area contributed by atoms with E-state index in [1.165, 1.54) is 19.2 Å². The molecule has 0 spiro atoms. The van der Waals surface area contributed by atoms with E-state index in [1.54, 1.807) is 26.8 Å². The molecule has 6 heteroatoms. The quantitative estimate of drug-likeness (QED) is 0.890. The molecule has 0 radical (unpaired) electrons. The highest BCUT2D eigenvalue weighted by atomic mass is 19.1. The van der Waals surface area contributed by atoms with Gasteiger partial charge in [0.25, 0.3) is 0 Å². The van der Waals surface area contributed by atoms with Gasteiger partial charge in [-0.3, -0.25) is 0 Å². The maximum absolute atomic E-state index is 13.6. The largest absolute Gasteiger partial charge is 0.494 e. The minimum Gasteiger partial charge on any atom is -0.494 e. The van der Waals surface area contributed by atoms with Gasteiger partial charge in [-0.25, -0.2) is 9.18 Å². The summed E-state index contributed by atoms with van der Waals surface area (Å²) in [5.74, 6) is -0.365. The summed E-state index contributed by atoms with van der Waals surface area (Å²) in [5, 5.41) is 2.61. The molecule has 1 amide bonds. The highest BCUT2D eigenvalue weighted by molar-refractivity contribution is 5.68. The van der Waals surface area contributed by atoms with Gasteiger partial charge in [-0.05, 0) is 38.5 Å². The predicted octanol–water partition coefficient (Wildman–Crippen LogP) is 2.36. The summed E-state index contributed by atoms with van der Waals surface area (Å²) in [4.78, 5) is 11.7. The van der Waals surface area contributed by atoms with Gasteiger partial charge in [0, 0.05) is 6.54 Å². The number of ether oxygens (including phenoxy) is 2. The SMILES string of the molecule is COc1ccc(C(CN)NC(=O)OC(C)(C)C)cc1F. The van der Waals surface area contributed by atoms with Crippen LogP contribution in [0.25, 0.3) is 0 Å². The van der Waals surface area contributed by atoms with Crippen LogP contribution in [0.2, 0.25) is 0 Å². The molecule has 112 valence electrons. The minimum absolute atomic E-state index is 0.130. The summed E-state index contributed by atoms with van der Waals surface area (Å²) in [5.41, 5.74) is 5.56. The summed E-state index contributed by atoms with van der Waals surface area (Å²) in [6.07, 6.45) is -0.593. The first-order valence-electron chi connectivity index (χ1n) is 6.30. The molecule has 0 aliphatic rings. The second-order valence-electron chi connectivity index (χ2n) is 5.33. The lowest BCUT2D eigenvalue weighted by molar-refractivity contribution is 0.0505. The summed E-state index contributed by atoms with van der Waals surface area (Å²) >= 11 is 0. The van der Waals surface area contributed by atoms with Crippen molar-refractivity contribution in [2.75, 3.05) is 13.7 Å². The van der Waals surface area contributed by atoms with Crippen LogP contribution in [0.15, 0.2) is 18.2 Å². The first kappa shape index (κ1) is 16.2. The first-order valence-corrected chi connectivity index (χ1v) is 6.30. The van der Waals surface area contributed by atoms with Crippen molar-refractivity contribution < 1.29 is 18.7 Å². The molecule has 3 N–H and O–H groups in total. The Morgan fingerprint density at radius 3 is 2.55 bits per heavy atom. The maximum Gasteiger partial charge on any atom is 0.408 e. The Bertz CT molecular complexity index is 472. The molecule has 1 aromatic rings. The number of carbonyl (C=O) groups is 1. The Morgan fingerprint density at radius 2 is 2.10 bits per heavy atom. The summed E-state index contributed by atoms with van der Waals surface area (Å²) in [6.45, 7) is 5.41. The Kier molecular flexibility index (Phi) is 5.33. The smallest absolute Gasteiger partial charge is 0.408 e. The van der Waals surface area contributed by atoms with Crippen LogP contribution in [-0.4, -0.2) is 25.3 Å². The number of nitrogens with one attached hydrogen (secondary N) is 1. The lowest BCUT2D eigenvalue weighted by atomic mass is 10.1. The first-order chi connectivity index (χ1) is 9.26. The van der Waals surface area contributed by atoms with Gasteiger partial charge in [-0.15, -0.1) is 0 Å². The molecule has 0 aliphatic heterocycles. The molecule has 0 aliphatic carbocycles. The number of nitrogens with two attached hydrogens (primary N) is 1. The molecule has 0 heterocycles. The molecule has 1 atom stereocenters. The van der Waals surface area contributed by atoms with Gasteiger partial charge in [0.1, 0.15) is 5.60 Å². The Balaban J connectivity index is 2.81. The zero-order chi connectivity index (χ0) is 15.3. The van der Waals surface area contributed by atoms with Crippen molar-refractivity contribution >= 4 is 6.09 Å². The Morgan fingerprint density at radius 1 is 1.45 bits per heavy atom. The molecule has 1 rings (SSSR count). The van der Waals surface area contributed by atoms with E-state index < -0.39 is 23.6 Å². The van der Waals surface area contributed by atoms with E-state index in [2.05, 4.69) is 5.32 Å².